The summed E-state index contributed by atoms with van der Waals surface area (Å²) in [7, 11) is 0. The Morgan fingerprint density at radius 2 is 2.06 bits per heavy atom. The minimum atomic E-state index is 0.165. The fourth-order valence-electron chi connectivity index (χ4n) is 2.28. The monoisotopic (exact) mass is 265 g/mol. The molecule has 2 rings (SSSR count). The lowest BCUT2D eigenvalue weighted by molar-refractivity contribution is 0.104. The zero-order chi connectivity index (χ0) is 13.0. The van der Waals surface area contributed by atoms with E-state index in [2.05, 4.69) is 0 Å². The standard InChI is InChI=1S/C14H16ClNO2/c15-13-7-11(8-16)3-6-14(13)18-12-4-1-10(9-17)2-5-12/h3,6-7,10,12,17H,1-2,4-5,9H2. The van der Waals surface area contributed by atoms with Crippen molar-refractivity contribution in [1.82, 2.24) is 0 Å². The van der Waals surface area contributed by atoms with Crippen molar-refractivity contribution in [1.29, 1.82) is 5.26 Å². The molecule has 0 heterocycles. The van der Waals surface area contributed by atoms with Gasteiger partial charge in [0.15, 0.2) is 0 Å². The molecule has 1 aliphatic carbocycles. The van der Waals surface area contributed by atoms with Crippen LogP contribution >= 0.6 is 11.6 Å². The molecule has 0 spiro atoms. The van der Waals surface area contributed by atoms with Gasteiger partial charge in [0.05, 0.1) is 22.8 Å². The Bertz CT molecular complexity index is 448. The number of aliphatic hydroxyl groups excluding tert-OH is 1. The minimum Gasteiger partial charge on any atom is -0.489 e. The number of halogens is 1. The molecule has 0 amide bonds. The number of rotatable bonds is 3. The van der Waals surface area contributed by atoms with E-state index in [1.807, 2.05) is 6.07 Å². The second-order valence-corrected chi connectivity index (χ2v) is 5.11. The van der Waals surface area contributed by atoms with Gasteiger partial charge in [-0.2, -0.15) is 5.26 Å². The summed E-state index contributed by atoms with van der Waals surface area (Å²) in [5.74, 6) is 1.06. The van der Waals surface area contributed by atoms with Gasteiger partial charge < -0.3 is 9.84 Å². The summed E-state index contributed by atoms with van der Waals surface area (Å²) in [6.45, 7) is 0.268. The molecule has 0 aromatic heterocycles. The third-order valence-corrected chi connectivity index (χ3v) is 3.70. The van der Waals surface area contributed by atoms with Crippen molar-refractivity contribution in [3.63, 3.8) is 0 Å². The molecule has 0 radical (unpaired) electrons. The van der Waals surface area contributed by atoms with Gasteiger partial charge in [0.2, 0.25) is 0 Å². The average molecular weight is 266 g/mol. The van der Waals surface area contributed by atoms with Gasteiger partial charge in [-0.3, -0.25) is 0 Å². The summed E-state index contributed by atoms with van der Waals surface area (Å²) in [5.41, 5.74) is 0.538. The normalized spacial score (nSPS) is 23.4. The van der Waals surface area contributed by atoms with Gasteiger partial charge in [-0.15, -0.1) is 0 Å². The number of aliphatic hydroxyl groups is 1. The van der Waals surface area contributed by atoms with Crippen LogP contribution in [0.3, 0.4) is 0 Å². The van der Waals surface area contributed by atoms with Crippen LogP contribution in [0.25, 0.3) is 0 Å². The summed E-state index contributed by atoms with van der Waals surface area (Å²) in [6.07, 6.45) is 4.05. The SMILES string of the molecule is N#Cc1ccc(OC2CCC(CO)CC2)c(Cl)c1. The van der Waals surface area contributed by atoms with Crippen molar-refractivity contribution < 1.29 is 9.84 Å². The quantitative estimate of drug-likeness (QED) is 0.913. The first-order valence-electron chi connectivity index (χ1n) is 6.20. The first-order valence-corrected chi connectivity index (χ1v) is 6.58. The third-order valence-electron chi connectivity index (χ3n) is 3.41. The van der Waals surface area contributed by atoms with Gasteiger partial charge in [-0.1, -0.05) is 11.6 Å². The van der Waals surface area contributed by atoms with Crippen LogP contribution in [-0.2, 0) is 0 Å². The molecule has 1 aromatic carbocycles. The number of nitrogens with zero attached hydrogens (tertiary/aromatic N) is 1. The maximum atomic E-state index is 9.08. The lowest BCUT2D eigenvalue weighted by Gasteiger charge is -2.28. The predicted molar refractivity (Wildman–Crippen MR) is 69.6 cm³/mol. The topological polar surface area (TPSA) is 53.2 Å². The van der Waals surface area contributed by atoms with E-state index in [1.165, 1.54) is 0 Å². The van der Waals surface area contributed by atoms with E-state index in [-0.39, 0.29) is 12.7 Å². The van der Waals surface area contributed by atoms with Gasteiger partial charge in [0.25, 0.3) is 0 Å². The summed E-state index contributed by atoms with van der Waals surface area (Å²) in [6, 6.07) is 7.12. The smallest absolute Gasteiger partial charge is 0.138 e. The van der Waals surface area contributed by atoms with E-state index >= 15 is 0 Å². The van der Waals surface area contributed by atoms with Crippen LogP contribution in [0.5, 0.6) is 5.75 Å². The Morgan fingerprint density at radius 1 is 1.33 bits per heavy atom. The fourth-order valence-corrected chi connectivity index (χ4v) is 2.50. The molecule has 1 aromatic rings. The van der Waals surface area contributed by atoms with Crippen molar-refractivity contribution in [2.75, 3.05) is 6.61 Å². The second-order valence-electron chi connectivity index (χ2n) is 4.70. The third kappa shape index (κ3) is 3.16. The highest BCUT2D eigenvalue weighted by Gasteiger charge is 2.22. The zero-order valence-electron chi connectivity index (χ0n) is 10.1. The number of nitriles is 1. The molecule has 18 heavy (non-hydrogen) atoms. The zero-order valence-corrected chi connectivity index (χ0v) is 10.9. The van der Waals surface area contributed by atoms with E-state index in [4.69, 9.17) is 26.7 Å². The van der Waals surface area contributed by atoms with Gasteiger partial charge in [0.1, 0.15) is 5.75 Å². The van der Waals surface area contributed by atoms with Crippen LogP contribution in [-0.4, -0.2) is 17.8 Å². The molecule has 1 N–H and O–H groups in total. The van der Waals surface area contributed by atoms with Gasteiger partial charge >= 0.3 is 0 Å². The second kappa shape index (κ2) is 6.08. The van der Waals surface area contributed by atoms with Crippen molar-refractivity contribution in [2.24, 2.45) is 5.92 Å². The van der Waals surface area contributed by atoms with Crippen LogP contribution < -0.4 is 4.74 Å². The number of ether oxygens (including phenoxy) is 1. The molecule has 1 aliphatic rings. The molecule has 0 unspecified atom stereocenters. The molecular formula is C14H16ClNO2. The van der Waals surface area contributed by atoms with Crippen molar-refractivity contribution >= 4 is 11.6 Å². The summed E-state index contributed by atoms with van der Waals surface area (Å²) < 4.78 is 5.86. The lowest BCUT2D eigenvalue weighted by atomic mass is 9.88. The van der Waals surface area contributed by atoms with E-state index in [1.54, 1.807) is 18.2 Å². The van der Waals surface area contributed by atoms with Gasteiger partial charge in [0, 0.05) is 6.61 Å². The van der Waals surface area contributed by atoms with Gasteiger partial charge in [-0.05, 0) is 49.8 Å². The Balaban J connectivity index is 1.96. The lowest BCUT2D eigenvalue weighted by Crippen LogP contribution is -2.25. The molecule has 0 saturated heterocycles. The van der Waals surface area contributed by atoms with E-state index in [0.717, 1.165) is 25.7 Å². The van der Waals surface area contributed by atoms with E-state index < -0.39 is 0 Å². The van der Waals surface area contributed by atoms with Crippen LogP contribution in [0, 0.1) is 17.2 Å². The van der Waals surface area contributed by atoms with Crippen LogP contribution in [0.2, 0.25) is 5.02 Å². The number of hydrogen-bond donors (Lipinski definition) is 1. The number of benzene rings is 1. The molecule has 1 saturated carbocycles. The molecule has 96 valence electrons. The van der Waals surface area contributed by atoms with Crippen molar-refractivity contribution in [2.45, 2.75) is 31.8 Å². The Hall–Kier alpha value is -1.24. The average Bonchev–Trinajstić information content (AvgIpc) is 2.42. The van der Waals surface area contributed by atoms with Crippen LogP contribution in [0.15, 0.2) is 18.2 Å². The summed E-state index contributed by atoms with van der Waals surface area (Å²) >= 11 is 6.07. The molecule has 0 atom stereocenters. The van der Waals surface area contributed by atoms with E-state index in [0.29, 0.717) is 22.3 Å². The molecular weight excluding hydrogens is 250 g/mol. The maximum Gasteiger partial charge on any atom is 0.138 e. The first kappa shape index (κ1) is 13.2. The highest BCUT2D eigenvalue weighted by Crippen LogP contribution is 2.31. The molecule has 0 aliphatic heterocycles. The van der Waals surface area contributed by atoms with E-state index in [9.17, 15) is 0 Å². The van der Waals surface area contributed by atoms with Gasteiger partial charge in [-0.25, -0.2) is 0 Å². The first-order chi connectivity index (χ1) is 8.72. The molecule has 1 fully saturated rings. The highest BCUT2D eigenvalue weighted by molar-refractivity contribution is 6.32. The summed E-state index contributed by atoms with van der Waals surface area (Å²) in [5, 5.41) is 18.3. The Morgan fingerprint density at radius 3 is 2.61 bits per heavy atom. The summed E-state index contributed by atoms with van der Waals surface area (Å²) in [4.78, 5) is 0. The van der Waals surface area contributed by atoms with Crippen molar-refractivity contribution in [3.05, 3.63) is 28.8 Å². The Kier molecular flexibility index (Phi) is 4.46. The van der Waals surface area contributed by atoms with Crippen LogP contribution in [0.1, 0.15) is 31.2 Å². The largest absolute Gasteiger partial charge is 0.489 e. The highest BCUT2D eigenvalue weighted by atomic mass is 35.5. The molecule has 4 heteroatoms. The number of hydrogen-bond acceptors (Lipinski definition) is 3. The minimum absolute atomic E-state index is 0.165. The molecule has 0 bridgehead atoms. The molecule has 3 nitrogen and oxygen atoms in total. The maximum absolute atomic E-state index is 9.08. The predicted octanol–water partition coefficient (Wildman–Crippen LogP) is 3.14. The van der Waals surface area contributed by atoms with Crippen LogP contribution in [0.4, 0.5) is 0 Å². The Labute approximate surface area is 112 Å². The fraction of sp³-hybridized carbons (Fsp3) is 0.500. The van der Waals surface area contributed by atoms with Crippen molar-refractivity contribution in [3.8, 4) is 11.8 Å².